The number of anilines is 1. The Kier molecular flexibility index (Phi) is 3.04. The van der Waals surface area contributed by atoms with Gasteiger partial charge in [0.2, 0.25) is 0 Å². The minimum absolute atomic E-state index is 0.264. The summed E-state index contributed by atoms with van der Waals surface area (Å²) in [6.45, 7) is 3.75. The van der Waals surface area contributed by atoms with Crippen LogP contribution in [0.1, 0.15) is 11.1 Å². The van der Waals surface area contributed by atoms with E-state index in [2.05, 4.69) is 15.3 Å². The Morgan fingerprint density at radius 3 is 2.47 bits per heavy atom. The van der Waals surface area contributed by atoms with Crippen LogP contribution in [0.4, 0.5) is 10.2 Å². The minimum Gasteiger partial charge on any atom is -0.371 e. The minimum atomic E-state index is -0.264. The molecule has 0 fully saturated rings. The number of nitrogens with one attached hydrogen (secondary N) is 1. The van der Waals surface area contributed by atoms with Crippen molar-refractivity contribution in [2.24, 2.45) is 0 Å². The Labute approximate surface area is 99.7 Å². The molecule has 0 saturated carbocycles. The molecule has 4 heteroatoms. The molecular weight excluding hydrogens is 217 g/mol. The van der Waals surface area contributed by atoms with Crippen molar-refractivity contribution in [1.29, 1.82) is 0 Å². The van der Waals surface area contributed by atoms with Crippen molar-refractivity contribution < 1.29 is 4.39 Å². The highest BCUT2D eigenvalue weighted by Crippen LogP contribution is 2.29. The summed E-state index contributed by atoms with van der Waals surface area (Å²) in [6.07, 6.45) is 3.14. The Morgan fingerprint density at radius 1 is 1.12 bits per heavy atom. The van der Waals surface area contributed by atoms with Crippen molar-refractivity contribution in [2.45, 2.75) is 13.8 Å². The third-order valence-corrected chi connectivity index (χ3v) is 2.60. The van der Waals surface area contributed by atoms with Gasteiger partial charge in [-0.25, -0.2) is 9.37 Å². The molecule has 0 atom stereocenters. The molecule has 1 aromatic heterocycles. The van der Waals surface area contributed by atoms with Crippen molar-refractivity contribution in [3.05, 3.63) is 41.5 Å². The quantitative estimate of drug-likeness (QED) is 0.863. The van der Waals surface area contributed by atoms with E-state index in [-0.39, 0.29) is 5.82 Å². The van der Waals surface area contributed by atoms with Crippen LogP contribution in [0.5, 0.6) is 0 Å². The van der Waals surface area contributed by atoms with Crippen molar-refractivity contribution >= 4 is 5.82 Å². The summed E-state index contributed by atoms with van der Waals surface area (Å²) in [6, 6.07) is 3.45. The molecule has 88 valence electrons. The van der Waals surface area contributed by atoms with Gasteiger partial charge in [-0.15, -0.1) is 0 Å². The van der Waals surface area contributed by atoms with Gasteiger partial charge in [-0.1, -0.05) is 6.07 Å². The van der Waals surface area contributed by atoms with Crippen LogP contribution >= 0.6 is 0 Å². The van der Waals surface area contributed by atoms with Gasteiger partial charge in [-0.3, -0.25) is 4.98 Å². The average Bonchev–Trinajstić information content (AvgIpc) is 2.28. The third-order valence-electron chi connectivity index (χ3n) is 2.60. The van der Waals surface area contributed by atoms with Crippen LogP contribution in [-0.2, 0) is 0 Å². The van der Waals surface area contributed by atoms with E-state index in [9.17, 15) is 4.39 Å². The fraction of sp³-hybridized carbons (Fsp3) is 0.231. The predicted octanol–water partition coefficient (Wildman–Crippen LogP) is 2.94. The van der Waals surface area contributed by atoms with Crippen LogP contribution in [0.25, 0.3) is 11.3 Å². The maximum absolute atomic E-state index is 14.0. The molecule has 0 spiro atoms. The highest BCUT2D eigenvalue weighted by molar-refractivity contribution is 5.74. The van der Waals surface area contributed by atoms with E-state index in [1.807, 2.05) is 19.9 Å². The standard InChI is InChI=1S/C13H14FN3/c1-8-6-9(2)11(10(14)7-8)12-13(15-3)17-5-4-16-12/h4-7H,1-3H3,(H,15,17). The number of halogens is 1. The first-order valence-corrected chi connectivity index (χ1v) is 5.39. The molecule has 0 aliphatic carbocycles. The normalized spacial score (nSPS) is 10.4. The molecule has 0 aliphatic rings. The highest BCUT2D eigenvalue weighted by atomic mass is 19.1. The number of benzene rings is 1. The molecule has 0 bridgehead atoms. The molecule has 1 heterocycles. The monoisotopic (exact) mass is 231 g/mol. The Bertz CT molecular complexity index is 529. The van der Waals surface area contributed by atoms with Gasteiger partial charge in [-0.2, -0.15) is 0 Å². The first-order valence-electron chi connectivity index (χ1n) is 5.39. The maximum atomic E-state index is 14.0. The van der Waals surface area contributed by atoms with E-state index in [1.54, 1.807) is 19.4 Å². The van der Waals surface area contributed by atoms with Crippen LogP contribution in [0.15, 0.2) is 24.5 Å². The molecule has 2 aromatic rings. The second-order valence-corrected chi connectivity index (χ2v) is 3.94. The van der Waals surface area contributed by atoms with Crippen molar-refractivity contribution in [3.8, 4) is 11.3 Å². The Balaban J connectivity index is 2.68. The van der Waals surface area contributed by atoms with E-state index in [1.165, 1.54) is 6.07 Å². The van der Waals surface area contributed by atoms with Crippen LogP contribution in [0.3, 0.4) is 0 Å². The largest absolute Gasteiger partial charge is 0.371 e. The second kappa shape index (κ2) is 4.49. The molecule has 0 aliphatic heterocycles. The molecule has 0 amide bonds. The van der Waals surface area contributed by atoms with Crippen molar-refractivity contribution in [3.63, 3.8) is 0 Å². The average molecular weight is 231 g/mol. The number of aromatic nitrogens is 2. The van der Waals surface area contributed by atoms with Gasteiger partial charge in [0.15, 0.2) is 5.82 Å². The molecular formula is C13H14FN3. The van der Waals surface area contributed by atoms with Gasteiger partial charge >= 0.3 is 0 Å². The van der Waals surface area contributed by atoms with Crippen molar-refractivity contribution in [1.82, 2.24) is 9.97 Å². The molecule has 17 heavy (non-hydrogen) atoms. The lowest BCUT2D eigenvalue weighted by molar-refractivity contribution is 0.628. The second-order valence-electron chi connectivity index (χ2n) is 3.94. The summed E-state index contributed by atoms with van der Waals surface area (Å²) in [5, 5.41) is 2.92. The lowest BCUT2D eigenvalue weighted by Crippen LogP contribution is -2.00. The number of nitrogens with zero attached hydrogens (tertiary/aromatic N) is 2. The SMILES string of the molecule is CNc1nccnc1-c1c(C)cc(C)cc1F. The summed E-state index contributed by atoms with van der Waals surface area (Å²) < 4.78 is 14.0. The van der Waals surface area contributed by atoms with Gasteiger partial charge in [0.1, 0.15) is 11.5 Å². The molecule has 1 aromatic carbocycles. The number of hydrogen-bond donors (Lipinski definition) is 1. The number of rotatable bonds is 2. The lowest BCUT2D eigenvalue weighted by Gasteiger charge is -2.11. The summed E-state index contributed by atoms with van der Waals surface area (Å²) in [5.41, 5.74) is 2.82. The zero-order chi connectivity index (χ0) is 12.4. The first-order chi connectivity index (χ1) is 8.13. The lowest BCUT2D eigenvalue weighted by atomic mass is 10.0. The van der Waals surface area contributed by atoms with Crippen molar-refractivity contribution in [2.75, 3.05) is 12.4 Å². The van der Waals surface area contributed by atoms with E-state index in [0.29, 0.717) is 17.1 Å². The van der Waals surface area contributed by atoms with E-state index in [4.69, 9.17) is 0 Å². The van der Waals surface area contributed by atoms with Crippen LogP contribution in [0.2, 0.25) is 0 Å². The topological polar surface area (TPSA) is 37.8 Å². The van der Waals surface area contributed by atoms with Crippen LogP contribution in [0, 0.1) is 19.7 Å². The Hall–Kier alpha value is -1.97. The zero-order valence-corrected chi connectivity index (χ0v) is 10.1. The predicted molar refractivity (Wildman–Crippen MR) is 66.4 cm³/mol. The van der Waals surface area contributed by atoms with E-state index >= 15 is 0 Å². The smallest absolute Gasteiger partial charge is 0.152 e. The molecule has 1 N–H and O–H groups in total. The van der Waals surface area contributed by atoms with Crippen LogP contribution < -0.4 is 5.32 Å². The van der Waals surface area contributed by atoms with Gasteiger partial charge in [0.05, 0.1) is 0 Å². The molecule has 0 radical (unpaired) electrons. The zero-order valence-electron chi connectivity index (χ0n) is 10.1. The fourth-order valence-electron chi connectivity index (χ4n) is 1.92. The summed E-state index contributed by atoms with van der Waals surface area (Å²) in [4.78, 5) is 8.34. The molecule has 0 saturated heterocycles. The van der Waals surface area contributed by atoms with Gasteiger partial charge < -0.3 is 5.32 Å². The Morgan fingerprint density at radius 2 is 1.82 bits per heavy atom. The van der Waals surface area contributed by atoms with Gasteiger partial charge in [-0.05, 0) is 31.0 Å². The molecule has 3 nitrogen and oxygen atoms in total. The van der Waals surface area contributed by atoms with Crippen LogP contribution in [-0.4, -0.2) is 17.0 Å². The fourth-order valence-corrected chi connectivity index (χ4v) is 1.92. The van der Waals surface area contributed by atoms with E-state index in [0.717, 1.165) is 11.1 Å². The summed E-state index contributed by atoms with van der Waals surface area (Å²) in [5.74, 6) is 0.317. The number of hydrogen-bond acceptors (Lipinski definition) is 3. The third kappa shape index (κ3) is 2.11. The van der Waals surface area contributed by atoms with Gasteiger partial charge in [0.25, 0.3) is 0 Å². The first kappa shape index (κ1) is 11.5. The number of aryl methyl sites for hydroxylation is 2. The van der Waals surface area contributed by atoms with E-state index < -0.39 is 0 Å². The highest BCUT2D eigenvalue weighted by Gasteiger charge is 2.14. The maximum Gasteiger partial charge on any atom is 0.152 e. The van der Waals surface area contributed by atoms with Gasteiger partial charge in [0, 0.05) is 25.0 Å². The molecule has 0 unspecified atom stereocenters. The summed E-state index contributed by atoms with van der Waals surface area (Å²) >= 11 is 0. The molecule has 2 rings (SSSR count). The summed E-state index contributed by atoms with van der Waals surface area (Å²) in [7, 11) is 1.74.